The highest BCUT2D eigenvalue weighted by Gasteiger charge is 2.02. The van der Waals surface area contributed by atoms with E-state index in [0.29, 0.717) is 6.54 Å². The van der Waals surface area contributed by atoms with Gasteiger partial charge in [-0.15, -0.1) is 6.58 Å². The fourth-order valence-corrected chi connectivity index (χ4v) is 0.717. The number of nitrogens with one attached hydrogen (secondary N) is 1. The van der Waals surface area contributed by atoms with Crippen molar-refractivity contribution >= 4 is 6.29 Å². The van der Waals surface area contributed by atoms with E-state index in [1.54, 1.807) is 6.08 Å². The quantitative estimate of drug-likeness (QED) is 0.558. The lowest BCUT2D eigenvalue weighted by Gasteiger charge is -2.06. The maximum Gasteiger partial charge on any atom is 0.216 e. The van der Waals surface area contributed by atoms with Gasteiger partial charge in [0.2, 0.25) is 6.29 Å². The highest BCUT2D eigenvalue weighted by Crippen LogP contribution is 1.91. The fourth-order valence-electron chi connectivity index (χ4n) is 0.717. The molecule has 0 saturated heterocycles. The van der Waals surface area contributed by atoms with E-state index in [1.165, 1.54) is 0 Å². The molecule has 0 rings (SSSR count). The minimum atomic E-state index is -0.108. The Labute approximate surface area is 62.3 Å². The monoisotopic (exact) mass is 140 g/mol. The van der Waals surface area contributed by atoms with Crippen molar-refractivity contribution < 1.29 is 4.79 Å². The Bertz CT molecular complexity index is 101. The van der Waals surface area contributed by atoms with Gasteiger partial charge in [0.15, 0.2) is 0 Å². The van der Waals surface area contributed by atoms with Gasteiger partial charge >= 0.3 is 0 Å². The van der Waals surface area contributed by atoms with Crippen LogP contribution in [0.3, 0.4) is 0 Å². The molecular formula is C8H14NO. The molecular weight excluding hydrogens is 126 g/mol. The van der Waals surface area contributed by atoms with Gasteiger partial charge in [-0.1, -0.05) is 19.4 Å². The lowest BCUT2D eigenvalue weighted by atomic mass is 10.2. The summed E-state index contributed by atoms with van der Waals surface area (Å²) >= 11 is 0. The van der Waals surface area contributed by atoms with E-state index in [-0.39, 0.29) is 6.04 Å². The van der Waals surface area contributed by atoms with Crippen molar-refractivity contribution in [1.29, 1.82) is 0 Å². The number of hydrogen-bond donors (Lipinski definition) is 1. The molecule has 1 radical (unpaired) electrons. The molecule has 0 heterocycles. The molecule has 1 atom stereocenters. The molecule has 0 bridgehead atoms. The van der Waals surface area contributed by atoms with Gasteiger partial charge in [0.1, 0.15) is 0 Å². The molecule has 1 unspecified atom stereocenters. The van der Waals surface area contributed by atoms with Gasteiger partial charge in [-0.2, -0.15) is 0 Å². The molecule has 0 saturated carbocycles. The molecule has 0 aliphatic carbocycles. The molecule has 0 aliphatic rings. The highest BCUT2D eigenvalue weighted by molar-refractivity contribution is 5.58. The largest absolute Gasteiger partial charge is 0.304 e. The number of hydrogen-bond acceptors (Lipinski definition) is 2. The molecule has 2 heteroatoms. The summed E-state index contributed by atoms with van der Waals surface area (Å²) in [4.78, 5) is 10.2. The van der Waals surface area contributed by atoms with E-state index in [4.69, 9.17) is 0 Å². The fraction of sp³-hybridized carbons (Fsp3) is 0.625. The second-order valence-corrected chi connectivity index (χ2v) is 2.16. The van der Waals surface area contributed by atoms with Crippen molar-refractivity contribution in [3.63, 3.8) is 0 Å². The molecule has 10 heavy (non-hydrogen) atoms. The Morgan fingerprint density at radius 3 is 2.90 bits per heavy atom. The third-order valence-electron chi connectivity index (χ3n) is 1.23. The van der Waals surface area contributed by atoms with Gasteiger partial charge in [0, 0.05) is 6.54 Å². The van der Waals surface area contributed by atoms with Gasteiger partial charge in [-0.25, -0.2) is 0 Å². The predicted molar refractivity (Wildman–Crippen MR) is 42.6 cm³/mol. The van der Waals surface area contributed by atoms with Crippen LogP contribution in [0.25, 0.3) is 0 Å². The SMILES string of the molecule is C=CCNC([C]=O)CCC. The smallest absolute Gasteiger partial charge is 0.216 e. The van der Waals surface area contributed by atoms with Gasteiger partial charge in [-0.3, -0.25) is 4.79 Å². The van der Waals surface area contributed by atoms with Crippen LogP contribution in [0, 0.1) is 0 Å². The molecule has 1 N–H and O–H groups in total. The van der Waals surface area contributed by atoms with Crippen LogP contribution in [0.5, 0.6) is 0 Å². The van der Waals surface area contributed by atoms with Crippen molar-refractivity contribution in [3.8, 4) is 0 Å². The summed E-state index contributed by atoms with van der Waals surface area (Å²) in [7, 11) is 0. The first-order valence-electron chi connectivity index (χ1n) is 3.57. The molecule has 0 aromatic heterocycles. The Balaban J connectivity index is 3.38. The standard InChI is InChI=1S/C8H14NO/c1-3-5-8(7-10)9-6-4-2/h4,8-9H,2-3,5-6H2,1H3. The Kier molecular flexibility index (Phi) is 6.08. The summed E-state index contributed by atoms with van der Waals surface area (Å²) in [5, 5.41) is 2.98. The Morgan fingerprint density at radius 1 is 1.80 bits per heavy atom. The average molecular weight is 140 g/mol. The Hall–Kier alpha value is -0.630. The first-order chi connectivity index (χ1) is 4.85. The van der Waals surface area contributed by atoms with Crippen LogP contribution in [0.2, 0.25) is 0 Å². The van der Waals surface area contributed by atoms with Crippen LogP contribution in [0.15, 0.2) is 12.7 Å². The summed E-state index contributed by atoms with van der Waals surface area (Å²) in [6.45, 7) is 6.26. The van der Waals surface area contributed by atoms with Gasteiger partial charge < -0.3 is 5.32 Å². The van der Waals surface area contributed by atoms with Crippen molar-refractivity contribution in [2.45, 2.75) is 25.8 Å². The minimum absolute atomic E-state index is 0.108. The maximum absolute atomic E-state index is 10.2. The first kappa shape index (κ1) is 9.37. The average Bonchev–Trinajstić information content (AvgIpc) is 1.98. The van der Waals surface area contributed by atoms with Crippen LogP contribution in [0.1, 0.15) is 19.8 Å². The van der Waals surface area contributed by atoms with Crippen LogP contribution < -0.4 is 5.32 Å². The summed E-state index contributed by atoms with van der Waals surface area (Å²) in [5.74, 6) is 0. The zero-order chi connectivity index (χ0) is 7.82. The Morgan fingerprint density at radius 2 is 2.50 bits per heavy atom. The van der Waals surface area contributed by atoms with E-state index < -0.39 is 0 Å². The van der Waals surface area contributed by atoms with Crippen LogP contribution in [-0.2, 0) is 4.79 Å². The lowest BCUT2D eigenvalue weighted by Crippen LogP contribution is -2.30. The van der Waals surface area contributed by atoms with E-state index >= 15 is 0 Å². The summed E-state index contributed by atoms with van der Waals surface area (Å²) in [5.41, 5.74) is 0. The molecule has 0 aromatic carbocycles. The van der Waals surface area contributed by atoms with Gasteiger partial charge in [0.05, 0.1) is 6.04 Å². The van der Waals surface area contributed by atoms with E-state index in [1.807, 2.05) is 13.2 Å². The molecule has 57 valence electrons. The molecule has 0 amide bonds. The van der Waals surface area contributed by atoms with Gasteiger partial charge in [-0.05, 0) is 6.42 Å². The third-order valence-corrected chi connectivity index (χ3v) is 1.23. The zero-order valence-electron chi connectivity index (χ0n) is 6.39. The van der Waals surface area contributed by atoms with Crippen LogP contribution in [0.4, 0.5) is 0 Å². The summed E-state index contributed by atoms with van der Waals surface area (Å²) < 4.78 is 0. The lowest BCUT2D eigenvalue weighted by molar-refractivity contribution is 0.508. The molecule has 0 fully saturated rings. The molecule has 0 aliphatic heterocycles. The minimum Gasteiger partial charge on any atom is -0.304 e. The second kappa shape index (κ2) is 6.49. The topological polar surface area (TPSA) is 29.1 Å². The molecule has 2 nitrogen and oxygen atoms in total. The van der Waals surface area contributed by atoms with Crippen molar-refractivity contribution in [2.75, 3.05) is 6.54 Å². The van der Waals surface area contributed by atoms with Gasteiger partial charge in [0.25, 0.3) is 0 Å². The third kappa shape index (κ3) is 4.27. The first-order valence-corrected chi connectivity index (χ1v) is 3.57. The van der Waals surface area contributed by atoms with E-state index in [0.717, 1.165) is 12.8 Å². The summed E-state index contributed by atoms with van der Waals surface area (Å²) in [6.07, 6.45) is 5.53. The van der Waals surface area contributed by atoms with Crippen LogP contribution in [-0.4, -0.2) is 18.9 Å². The van der Waals surface area contributed by atoms with Crippen molar-refractivity contribution in [2.24, 2.45) is 0 Å². The normalized spacial score (nSPS) is 12.5. The predicted octanol–water partition coefficient (Wildman–Crippen LogP) is 1.04. The van der Waals surface area contributed by atoms with E-state index in [2.05, 4.69) is 11.9 Å². The number of carbonyl (C=O) groups excluding carboxylic acids is 1. The summed E-state index contributed by atoms with van der Waals surface area (Å²) in [6, 6.07) is -0.108. The maximum atomic E-state index is 10.2. The van der Waals surface area contributed by atoms with E-state index in [9.17, 15) is 4.79 Å². The van der Waals surface area contributed by atoms with Crippen LogP contribution >= 0.6 is 0 Å². The second-order valence-electron chi connectivity index (χ2n) is 2.16. The molecule has 0 aromatic rings. The molecule has 0 spiro atoms. The highest BCUT2D eigenvalue weighted by atomic mass is 16.1. The number of rotatable bonds is 6. The van der Waals surface area contributed by atoms with Crippen molar-refractivity contribution in [3.05, 3.63) is 12.7 Å². The zero-order valence-corrected chi connectivity index (χ0v) is 6.39. The van der Waals surface area contributed by atoms with Crippen molar-refractivity contribution in [1.82, 2.24) is 5.32 Å².